The molecular formula is C18H22F2N4O2. The molecule has 1 heterocycles. The molecule has 0 spiro atoms. The fourth-order valence-corrected chi connectivity index (χ4v) is 3.57. The van der Waals surface area contributed by atoms with Gasteiger partial charge in [-0.3, -0.25) is 15.0 Å². The molecule has 140 valence electrons. The summed E-state index contributed by atoms with van der Waals surface area (Å²) in [5.41, 5.74) is 7.64. The SMILES string of the molecule is CC(F)(F)C(=O)NC(=N)c1ccc2c(c1)C(=O)N([C@@H]1CCCC[C@H]1N)C2. The van der Waals surface area contributed by atoms with Crippen LogP contribution in [0.15, 0.2) is 18.2 Å². The number of halogens is 2. The van der Waals surface area contributed by atoms with E-state index >= 15 is 0 Å². The van der Waals surface area contributed by atoms with E-state index in [1.54, 1.807) is 17.0 Å². The summed E-state index contributed by atoms with van der Waals surface area (Å²) in [6.07, 6.45) is 3.85. The van der Waals surface area contributed by atoms with Gasteiger partial charge in [-0.2, -0.15) is 8.78 Å². The summed E-state index contributed by atoms with van der Waals surface area (Å²) in [6, 6.07) is 4.66. The lowest BCUT2D eigenvalue weighted by Crippen LogP contribution is -2.49. The highest BCUT2D eigenvalue weighted by atomic mass is 19.3. The van der Waals surface area contributed by atoms with Gasteiger partial charge in [0, 0.05) is 36.7 Å². The number of fused-ring (bicyclic) bond motifs is 1. The van der Waals surface area contributed by atoms with Crippen LogP contribution < -0.4 is 11.1 Å². The van der Waals surface area contributed by atoms with Crippen LogP contribution in [0.4, 0.5) is 8.78 Å². The fraction of sp³-hybridized carbons (Fsp3) is 0.500. The summed E-state index contributed by atoms with van der Waals surface area (Å²) in [7, 11) is 0. The number of carbonyl (C=O) groups is 2. The molecule has 0 saturated heterocycles. The number of rotatable bonds is 3. The minimum Gasteiger partial charge on any atom is -0.330 e. The van der Waals surface area contributed by atoms with E-state index in [0.717, 1.165) is 31.2 Å². The van der Waals surface area contributed by atoms with Crippen LogP contribution in [0.2, 0.25) is 0 Å². The van der Waals surface area contributed by atoms with E-state index in [4.69, 9.17) is 11.1 Å². The standard InChI is InChI=1S/C18H22F2N4O2/c1-18(19,20)17(26)23-15(22)10-6-7-11-9-24(16(25)12(11)8-10)14-5-3-2-4-13(14)21/h6-8,13-14H,2-5,9,21H2,1H3,(H2,22,23,26)/t13-,14-/m1/s1. The number of hydrogen-bond donors (Lipinski definition) is 3. The highest BCUT2D eigenvalue weighted by Crippen LogP contribution is 2.31. The van der Waals surface area contributed by atoms with Crippen LogP contribution in [0.1, 0.15) is 54.1 Å². The number of hydrogen-bond acceptors (Lipinski definition) is 4. The lowest BCUT2D eigenvalue weighted by Gasteiger charge is -2.35. The lowest BCUT2D eigenvalue weighted by molar-refractivity contribution is -0.141. The van der Waals surface area contributed by atoms with Crippen LogP contribution in [-0.4, -0.2) is 40.6 Å². The molecule has 1 aliphatic carbocycles. The van der Waals surface area contributed by atoms with Crippen LogP contribution in [0.5, 0.6) is 0 Å². The Balaban J connectivity index is 1.78. The Morgan fingerprint density at radius 3 is 2.69 bits per heavy atom. The Hall–Kier alpha value is -2.35. The van der Waals surface area contributed by atoms with Crippen molar-refractivity contribution in [1.82, 2.24) is 10.2 Å². The van der Waals surface area contributed by atoms with Crippen molar-refractivity contribution in [3.05, 3.63) is 34.9 Å². The number of carbonyl (C=O) groups excluding carboxylic acids is 2. The third-order valence-corrected chi connectivity index (χ3v) is 5.05. The highest BCUT2D eigenvalue weighted by molar-refractivity contribution is 6.09. The summed E-state index contributed by atoms with van der Waals surface area (Å²) < 4.78 is 26.0. The van der Waals surface area contributed by atoms with E-state index in [9.17, 15) is 18.4 Å². The van der Waals surface area contributed by atoms with Crippen molar-refractivity contribution in [2.45, 2.75) is 57.2 Å². The van der Waals surface area contributed by atoms with Gasteiger partial charge in [0.05, 0.1) is 0 Å². The maximum Gasteiger partial charge on any atom is 0.322 e. The van der Waals surface area contributed by atoms with Crippen molar-refractivity contribution in [3.8, 4) is 0 Å². The van der Waals surface area contributed by atoms with E-state index in [-0.39, 0.29) is 23.6 Å². The zero-order valence-electron chi connectivity index (χ0n) is 14.5. The minimum atomic E-state index is -3.58. The first kappa shape index (κ1) is 18.4. The first-order valence-corrected chi connectivity index (χ1v) is 8.66. The van der Waals surface area contributed by atoms with Crippen molar-refractivity contribution in [2.75, 3.05) is 0 Å². The second-order valence-corrected chi connectivity index (χ2v) is 7.04. The molecule has 2 aliphatic rings. The number of amides is 2. The van der Waals surface area contributed by atoms with Crippen molar-refractivity contribution in [1.29, 1.82) is 5.41 Å². The van der Waals surface area contributed by atoms with Gasteiger partial charge in [-0.25, -0.2) is 0 Å². The largest absolute Gasteiger partial charge is 0.330 e. The molecule has 1 fully saturated rings. The van der Waals surface area contributed by atoms with Crippen molar-refractivity contribution in [2.24, 2.45) is 5.73 Å². The van der Waals surface area contributed by atoms with Gasteiger partial charge in [0.1, 0.15) is 5.84 Å². The maximum atomic E-state index is 13.0. The molecule has 4 N–H and O–H groups in total. The van der Waals surface area contributed by atoms with Gasteiger partial charge in [-0.15, -0.1) is 0 Å². The summed E-state index contributed by atoms with van der Waals surface area (Å²) in [5, 5.41) is 9.71. The summed E-state index contributed by atoms with van der Waals surface area (Å²) in [6.45, 7) is 0.923. The number of nitrogens with two attached hydrogens (primary N) is 1. The highest BCUT2D eigenvalue weighted by Gasteiger charge is 2.37. The molecule has 2 atom stereocenters. The first-order valence-electron chi connectivity index (χ1n) is 8.66. The quantitative estimate of drug-likeness (QED) is 0.565. The minimum absolute atomic E-state index is 0.00922. The fourth-order valence-electron chi connectivity index (χ4n) is 3.57. The lowest BCUT2D eigenvalue weighted by atomic mass is 9.90. The van der Waals surface area contributed by atoms with Gasteiger partial charge in [0.25, 0.3) is 11.8 Å². The molecular weight excluding hydrogens is 342 g/mol. The Morgan fingerprint density at radius 1 is 1.35 bits per heavy atom. The zero-order valence-corrected chi connectivity index (χ0v) is 14.5. The predicted octanol–water partition coefficient (Wildman–Crippen LogP) is 2.01. The average Bonchev–Trinajstić information content (AvgIpc) is 2.90. The first-order chi connectivity index (χ1) is 12.2. The normalized spacial score (nSPS) is 22.9. The summed E-state index contributed by atoms with van der Waals surface area (Å²) in [5.74, 6) is -5.75. The second kappa shape index (κ2) is 6.75. The summed E-state index contributed by atoms with van der Waals surface area (Å²) >= 11 is 0. The molecule has 0 bridgehead atoms. The van der Waals surface area contributed by atoms with Gasteiger partial charge in [-0.1, -0.05) is 25.0 Å². The van der Waals surface area contributed by atoms with E-state index in [0.29, 0.717) is 19.0 Å². The summed E-state index contributed by atoms with van der Waals surface area (Å²) in [4.78, 5) is 25.9. The monoisotopic (exact) mass is 364 g/mol. The molecule has 3 rings (SSSR count). The van der Waals surface area contributed by atoms with Gasteiger partial charge < -0.3 is 16.0 Å². The number of amidine groups is 1. The van der Waals surface area contributed by atoms with Crippen molar-refractivity contribution in [3.63, 3.8) is 0 Å². The van der Waals surface area contributed by atoms with E-state index in [2.05, 4.69) is 0 Å². The smallest absolute Gasteiger partial charge is 0.322 e. The van der Waals surface area contributed by atoms with Crippen LogP contribution >= 0.6 is 0 Å². The number of alkyl halides is 2. The Bertz CT molecular complexity index is 760. The maximum absolute atomic E-state index is 13.0. The van der Waals surface area contributed by atoms with Gasteiger partial charge in [0.2, 0.25) is 0 Å². The molecule has 0 radical (unpaired) electrons. The molecule has 0 aromatic heterocycles. The number of nitrogens with zero attached hydrogens (tertiary/aromatic N) is 1. The molecule has 2 amide bonds. The third-order valence-electron chi connectivity index (χ3n) is 5.05. The van der Waals surface area contributed by atoms with Crippen molar-refractivity contribution >= 4 is 17.6 Å². The van der Waals surface area contributed by atoms with E-state index in [1.807, 2.05) is 5.32 Å². The number of benzene rings is 1. The molecule has 1 aromatic rings. The molecule has 1 aromatic carbocycles. The van der Waals surface area contributed by atoms with E-state index in [1.165, 1.54) is 6.07 Å². The molecule has 1 saturated carbocycles. The van der Waals surface area contributed by atoms with Gasteiger partial charge in [-0.05, 0) is 24.5 Å². The zero-order chi connectivity index (χ0) is 19.1. The molecule has 8 heteroatoms. The Morgan fingerprint density at radius 2 is 2.04 bits per heavy atom. The van der Waals surface area contributed by atoms with Crippen LogP contribution in [-0.2, 0) is 11.3 Å². The third kappa shape index (κ3) is 3.46. The molecule has 1 aliphatic heterocycles. The van der Waals surface area contributed by atoms with Crippen LogP contribution in [0.25, 0.3) is 0 Å². The van der Waals surface area contributed by atoms with Gasteiger partial charge >= 0.3 is 5.92 Å². The van der Waals surface area contributed by atoms with Crippen molar-refractivity contribution < 1.29 is 18.4 Å². The molecule has 6 nitrogen and oxygen atoms in total. The van der Waals surface area contributed by atoms with Crippen LogP contribution in [0, 0.1) is 5.41 Å². The Labute approximate surface area is 150 Å². The number of nitrogens with one attached hydrogen (secondary N) is 2. The van der Waals surface area contributed by atoms with E-state index < -0.39 is 17.7 Å². The van der Waals surface area contributed by atoms with Gasteiger partial charge in [0.15, 0.2) is 0 Å². The predicted molar refractivity (Wildman–Crippen MR) is 92.1 cm³/mol. The molecule has 0 unspecified atom stereocenters. The second-order valence-electron chi connectivity index (χ2n) is 7.04. The Kier molecular flexibility index (Phi) is 4.79. The van der Waals surface area contributed by atoms with Crippen LogP contribution in [0.3, 0.4) is 0 Å². The molecule has 26 heavy (non-hydrogen) atoms. The average molecular weight is 364 g/mol. The topological polar surface area (TPSA) is 99.3 Å².